The molecule has 0 bridgehead atoms. The van der Waals surface area contributed by atoms with Crippen LogP contribution in [0.2, 0.25) is 0 Å². The molecule has 0 radical (unpaired) electrons. The Kier molecular flexibility index (Phi) is 7.14. The van der Waals surface area contributed by atoms with Crippen LogP contribution in [0.3, 0.4) is 0 Å². The minimum absolute atomic E-state index is 0.109. The first-order chi connectivity index (χ1) is 12.2. The van der Waals surface area contributed by atoms with Crippen LogP contribution in [0.4, 0.5) is 0 Å². The molecule has 0 aliphatic rings. The zero-order chi connectivity index (χ0) is 18.1. The number of methoxy groups -OCH3 is 2. The average molecular weight is 343 g/mol. The van der Waals surface area contributed by atoms with Crippen LogP contribution in [-0.2, 0) is 6.42 Å². The number of amides is 1. The molecule has 0 saturated heterocycles. The summed E-state index contributed by atoms with van der Waals surface area (Å²) in [6.45, 7) is 3.23. The summed E-state index contributed by atoms with van der Waals surface area (Å²) in [6, 6.07) is 13.0. The quantitative estimate of drug-likeness (QED) is 0.757. The lowest BCUT2D eigenvalue weighted by molar-refractivity contribution is 0.0953. The molecule has 25 heavy (non-hydrogen) atoms. The fourth-order valence-electron chi connectivity index (χ4n) is 2.41. The predicted molar refractivity (Wildman–Crippen MR) is 97.8 cm³/mol. The Hall–Kier alpha value is -2.69. The summed E-state index contributed by atoms with van der Waals surface area (Å²) in [6.07, 6.45) is 1.64. The van der Waals surface area contributed by atoms with Crippen molar-refractivity contribution in [2.45, 2.75) is 19.8 Å². The van der Waals surface area contributed by atoms with Gasteiger partial charge in [0.05, 0.1) is 20.8 Å². The van der Waals surface area contributed by atoms with Gasteiger partial charge in [-0.2, -0.15) is 0 Å². The van der Waals surface area contributed by atoms with E-state index in [1.54, 1.807) is 26.4 Å². The summed E-state index contributed by atoms with van der Waals surface area (Å²) >= 11 is 0. The van der Waals surface area contributed by atoms with Gasteiger partial charge < -0.3 is 19.5 Å². The molecule has 2 aromatic carbocycles. The summed E-state index contributed by atoms with van der Waals surface area (Å²) in [4.78, 5) is 12.3. The molecular formula is C20H25NO4. The van der Waals surface area contributed by atoms with E-state index >= 15 is 0 Å². The molecule has 0 spiro atoms. The smallest absolute Gasteiger partial charge is 0.251 e. The predicted octanol–water partition coefficient (Wildman–Crippen LogP) is 3.47. The van der Waals surface area contributed by atoms with Crippen molar-refractivity contribution in [2.75, 3.05) is 27.4 Å². The Morgan fingerprint density at radius 3 is 2.56 bits per heavy atom. The van der Waals surface area contributed by atoms with Crippen LogP contribution in [0.1, 0.15) is 29.3 Å². The number of nitrogens with one attached hydrogen (secondary N) is 1. The number of rotatable bonds is 9. The molecule has 1 N–H and O–H groups in total. The van der Waals surface area contributed by atoms with E-state index in [4.69, 9.17) is 14.2 Å². The van der Waals surface area contributed by atoms with Gasteiger partial charge in [0.15, 0.2) is 11.5 Å². The SMILES string of the molecule is CCCOc1cccc(C(=O)NCCc2ccc(OC)c(OC)c2)c1. The van der Waals surface area contributed by atoms with Crippen molar-refractivity contribution in [1.29, 1.82) is 0 Å². The van der Waals surface area contributed by atoms with Crippen LogP contribution >= 0.6 is 0 Å². The Balaban J connectivity index is 1.90. The van der Waals surface area contributed by atoms with Crippen molar-refractivity contribution < 1.29 is 19.0 Å². The Labute approximate surface area is 148 Å². The zero-order valence-electron chi connectivity index (χ0n) is 15.0. The zero-order valence-corrected chi connectivity index (χ0v) is 15.0. The van der Waals surface area contributed by atoms with E-state index in [9.17, 15) is 4.79 Å². The monoisotopic (exact) mass is 343 g/mol. The van der Waals surface area contributed by atoms with Crippen LogP contribution in [0, 0.1) is 0 Å². The van der Waals surface area contributed by atoms with E-state index in [-0.39, 0.29) is 5.91 Å². The van der Waals surface area contributed by atoms with Gasteiger partial charge in [-0.3, -0.25) is 4.79 Å². The number of benzene rings is 2. The molecule has 134 valence electrons. The van der Waals surface area contributed by atoms with E-state index in [0.29, 0.717) is 36.6 Å². The third-order valence-electron chi connectivity index (χ3n) is 3.72. The second-order valence-corrected chi connectivity index (χ2v) is 5.57. The van der Waals surface area contributed by atoms with E-state index in [0.717, 1.165) is 17.7 Å². The van der Waals surface area contributed by atoms with Gasteiger partial charge >= 0.3 is 0 Å². The molecule has 0 aliphatic heterocycles. The van der Waals surface area contributed by atoms with Crippen molar-refractivity contribution in [3.63, 3.8) is 0 Å². The highest BCUT2D eigenvalue weighted by Crippen LogP contribution is 2.27. The molecule has 0 heterocycles. The lowest BCUT2D eigenvalue weighted by Crippen LogP contribution is -2.25. The number of hydrogen-bond donors (Lipinski definition) is 1. The van der Waals surface area contributed by atoms with E-state index in [2.05, 4.69) is 5.32 Å². The first-order valence-corrected chi connectivity index (χ1v) is 8.40. The van der Waals surface area contributed by atoms with Gasteiger partial charge in [0.1, 0.15) is 5.75 Å². The van der Waals surface area contributed by atoms with Crippen molar-refractivity contribution in [3.05, 3.63) is 53.6 Å². The normalized spacial score (nSPS) is 10.2. The van der Waals surface area contributed by atoms with Crippen LogP contribution in [0.15, 0.2) is 42.5 Å². The molecule has 2 aromatic rings. The second kappa shape index (κ2) is 9.57. The van der Waals surface area contributed by atoms with Crippen molar-refractivity contribution in [3.8, 4) is 17.2 Å². The van der Waals surface area contributed by atoms with Crippen molar-refractivity contribution in [2.24, 2.45) is 0 Å². The molecule has 5 nitrogen and oxygen atoms in total. The fraction of sp³-hybridized carbons (Fsp3) is 0.350. The second-order valence-electron chi connectivity index (χ2n) is 5.57. The van der Waals surface area contributed by atoms with Crippen LogP contribution in [0.25, 0.3) is 0 Å². The summed E-state index contributed by atoms with van der Waals surface area (Å²) in [5.41, 5.74) is 1.67. The van der Waals surface area contributed by atoms with Gasteiger partial charge in [-0.25, -0.2) is 0 Å². The largest absolute Gasteiger partial charge is 0.494 e. The topological polar surface area (TPSA) is 56.8 Å². The Bertz CT molecular complexity index is 700. The first-order valence-electron chi connectivity index (χ1n) is 8.40. The van der Waals surface area contributed by atoms with Crippen LogP contribution in [-0.4, -0.2) is 33.3 Å². The molecule has 5 heteroatoms. The third-order valence-corrected chi connectivity index (χ3v) is 3.72. The number of ether oxygens (including phenoxy) is 3. The van der Waals surface area contributed by atoms with E-state index in [1.165, 1.54) is 0 Å². The maximum atomic E-state index is 12.3. The minimum atomic E-state index is -0.109. The Morgan fingerprint density at radius 1 is 1.04 bits per heavy atom. The third kappa shape index (κ3) is 5.41. The molecule has 0 atom stereocenters. The van der Waals surface area contributed by atoms with E-state index in [1.807, 2.05) is 37.3 Å². The van der Waals surface area contributed by atoms with Gasteiger partial charge in [-0.05, 0) is 48.7 Å². The molecule has 2 rings (SSSR count). The van der Waals surface area contributed by atoms with Crippen molar-refractivity contribution >= 4 is 5.91 Å². The Morgan fingerprint density at radius 2 is 1.84 bits per heavy atom. The summed E-state index contributed by atoms with van der Waals surface area (Å²) in [5.74, 6) is 1.99. The molecule has 0 saturated carbocycles. The molecule has 0 aliphatic carbocycles. The minimum Gasteiger partial charge on any atom is -0.494 e. The van der Waals surface area contributed by atoms with E-state index < -0.39 is 0 Å². The molecule has 1 amide bonds. The number of hydrogen-bond acceptors (Lipinski definition) is 4. The molecule has 0 aromatic heterocycles. The lowest BCUT2D eigenvalue weighted by atomic mass is 10.1. The highest BCUT2D eigenvalue weighted by molar-refractivity contribution is 5.94. The average Bonchev–Trinajstić information content (AvgIpc) is 2.66. The maximum absolute atomic E-state index is 12.3. The fourth-order valence-corrected chi connectivity index (χ4v) is 2.41. The molecule has 0 unspecified atom stereocenters. The van der Waals surface area contributed by atoms with Gasteiger partial charge in [0.25, 0.3) is 5.91 Å². The highest BCUT2D eigenvalue weighted by atomic mass is 16.5. The van der Waals surface area contributed by atoms with Crippen LogP contribution < -0.4 is 19.5 Å². The highest BCUT2D eigenvalue weighted by Gasteiger charge is 2.08. The molecule has 0 fully saturated rings. The lowest BCUT2D eigenvalue weighted by Gasteiger charge is -2.10. The van der Waals surface area contributed by atoms with Gasteiger partial charge in [-0.15, -0.1) is 0 Å². The standard InChI is InChI=1S/C20H25NO4/c1-4-12-25-17-7-5-6-16(14-17)20(22)21-11-10-15-8-9-18(23-2)19(13-15)24-3/h5-9,13-14H,4,10-12H2,1-3H3,(H,21,22). The first kappa shape index (κ1) is 18.6. The van der Waals surface area contributed by atoms with Crippen LogP contribution in [0.5, 0.6) is 17.2 Å². The van der Waals surface area contributed by atoms with Gasteiger partial charge in [-0.1, -0.05) is 19.1 Å². The van der Waals surface area contributed by atoms with Gasteiger partial charge in [0, 0.05) is 12.1 Å². The number of carbonyl (C=O) groups excluding carboxylic acids is 1. The number of carbonyl (C=O) groups is 1. The summed E-state index contributed by atoms with van der Waals surface area (Å²) < 4.78 is 16.1. The van der Waals surface area contributed by atoms with Gasteiger partial charge in [0.2, 0.25) is 0 Å². The molecular weight excluding hydrogens is 318 g/mol. The van der Waals surface area contributed by atoms with Crippen molar-refractivity contribution in [1.82, 2.24) is 5.32 Å². The summed E-state index contributed by atoms with van der Waals surface area (Å²) in [5, 5.41) is 2.93. The summed E-state index contributed by atoms with van der Waals surface area (Å²) in [7, 11) is 3.22. The maximum Gasteiger partial charge on any atom is 0.251 e.